The van der Waals surface area contributed by atoms with Crippen molar-refractivity contribution in [1.82, 2.24) is 4.90 Å². The molecule has 1 aliphatic heterocycles. The highest BCUT2D eigenvalue weighted by atomic mass is 19.4. The Hall–Kier alpha value is -2.43. The molecule has 0 aromatic heterocycles. The Kier molecular flexibility index (Phi) is 5.16. The minimum absolute atomic E-state index is 0.179. The van der Waals surface area contributed by atoms with E-state index >= 15 is 0 Å². The van der Waals surface area contributed by atoms with Crippen molar-refractivity contribution in [2.24, 2.45) is 0 Å². The summed E-state index contributed by atoms with van der Waals surface area (Å²) < 4.78 is 44.3. The lowest BCUT2D eigenvalue weighted by Gasteiger charge is -2.24. The molecule has 8 heteroatoms. The number of carbonyl (C=O) groups is 1. The normalized spacial score (nSPS) is 18.0. The molecule has 1 N–H and O–H groups in total. The molecular weight excluding hydrogens is 335 g/mol. The van der Waals surface area contributed by atoms with E-state index in [0.29, 0.717) is 19.5 Å². The Morgan fingerprint density at radius 3 is 2.60 bits per heavy atom. The van der Waals surface area contributed by atoms with E-state index in [2.05, 4.69) is 5.32 Å². The monoisotopic (exact) mass is 355 g/mol. The third-order valence-electron chi connectivity index (χ3n) is 3.66. The van der Waals surface area contributed by atoms with Gasteiger partial charge in [-0.3, -0.25) is 0 Å². The van der Waals surface area contributed by atoms with E-state index in [0.717, 1.165) is 12.1 Å². The summed E-state index contributed by atoms with van der Waals surface area (Å²) >= 11 is 0. The van der Waals surface area contributed by atoms with Crippen molar-refractivity contribution in [3.8, 4) is 6.07 Å². The van der Waals surface area contributed by atoms with Gasteiger partial charge in [0.2, 0.25) is 0 Å². The van der Waals surface area contributed by atoms with Crippen molar-refractivity contribution in [3.63, 3.8) is 0 Å². The lowest BCUT2D eigenvalue weighted by Crippen LogP contribution is -2.36. The van der Waals surface area contributed by atoms with Gasteiger partial charge >= 0.3 is 12.3 Å². The Bertz CT molecular complexity index is 690. The van der Waals surface area contributed by atoms with Crippen LogP contribution in [0.2, 0.25) is 0 Å². The van der Waals surface area contributed by atoms with Crippen molar-refractivity contribution in [2.45, 2.75) is 45.0 Å². The van der Waals surface area contributed by atoms with E-state index in [-0.39, 0.29) is 11.7 Å². The van der Waals surface area contributed by atoms with E-state index in [9.17, 15) is 18.0 Å². The molecule has 1 aromatic rings. The summed E-state index contributed by atoms with van der Waals surface area (Å²) in [6.07, 6.45) is -4.44. The molecule has 1 aliphatic rings. The third-order valence-corrected chi connectivity index (χ3v) is 3.66. The molecule has 136 valence electrons. The molecule has 1 atom stereocenters. The van der Waals surface area contributed by atoms with Gasteiger partial charge in [-0.1, -0.05) is 0 Å². The van der Waals surface area contributed by atoms with Crippen LogP contribution in [0, 0.1) is 11.3 Å². The van der Waals surface area contributed by atoms with Gasteiger partial charge in [0.15, 0.2) is 0 Å². The number of hydrogen-bond donors (Lipinski definition) is 1. The topological polar surface area (TPSA) is 65.4 Å². The van der Waals surface area contributed by atoms with Crippen LogP contribution in [0.3, 0.4) is 0 Å². The van der Waals surface area contributed by atoms with Crippen molar-refractivity contribution in [3.05, 3.63) is 29.3 Å². The lowest BCUT2D eigenvalue weighted by molar-refractivity contribution is -0.137. The van der Waals surface area contributed by atoms with Crippen molar-refractivity contribution < 1.29 is 22.7 Å². The molecule has 1 fully saturated rings. The van der Waals surface area contributed by atoms with E-state index in [1.807, 2.05) is 0 Å². The second-order valence-electron chi connectivity index (χ2n) is 6.93. The number of nitrogens with zero attached hydrogens (tertiary/aromatic N) is 2. The number of halogens is 3. The van der Waals surface area contributed by atoms with E-state index in [1.54, 1.807) is 26.8 Å². The average molecular weight is 355 g/mol. The summed E-state index contributed by atoms with van der Waals surface area (Å²) in [6.45, 7) is 6.12. The van der Waals surface area contributed by atoms with Crippen LogP contribution in [0.5, 0.6) is 0 Å². The number of amides is 1. The lowest BCUT2D eigenvalue weighted by atomic mass is 10.1. The number of carbonyl (C=O) groups excluding carboxylic acids is 1. The molecule has 0 bridgehead atoms. The van der Waals surface area contributed by atoms with Gasteiger partial charge in [-0.05, 0) is 45.4 Å². The highest BCUT2D eigenvalue weighted by Gasteiger charge is 2.34. The summed E-state index contributed by atoms with van der Waals surface area (Å²) in [5.41, 5.74) is -1.72. The van der Waals surface area contributed by atoms with Crippen LogP contribution >= 0.6 is 0 Å². The summed E-state index contributed by atoms with van der Waals surface area (Å²) in [4.78, 5) is 13.5. The zero-order chi connectivity index (χ0) is 18.8. The smallest absolute Gasteiger partial charge is 0.417 e. The van der Waals surface area contributed by atoms with Gasteiger partial charge in [0, 0.05) is 24.8 Å². The summed E-state index contributed by atoms with van der Waals surface area (Å²) in [5.74, 6) is 0. The highest BCUT2D eigenvalue weighted by Crippen LogP contribution is 2.34. The molecule has 1 saturated heterocycles. The van der Waals surface area contributed by atoms with Crippen LogP contribution in [-0.4, -0.2) is 35.7 Å². The van der Waals surface area contributed by atoms with Crippen LogP contribution in [-0.2, 0) is 10.9 Å². The number of benzene rings is 1. The molecule has 1 aromatic carbocycles. The van der Waals surface area contributed by atoms with Gasteiger partial charge in [0.25, 0.3) is 0 Å². The molecular formula is C17H20F3N3O2. The Balaban J connectivity index is 2.05. The van der Waals surface area contributed by atoms with Gasteiger partial charge < -0.3 is 15.0 Å². The van der Waals surface area contributed by atoms with Gasteiger partial charge in [0.1, 0.15) is 5.60 Å². The number of anilines is 1. The molecule has 5 nitrogen and oxygen atoms in total. The fourth-order valence-electron chi connectivity index (χ4n) is 2.57. The number of ether oxygens (including phenoxy) is 1. The molecule has 0 aliphatic carbocycles. The second kappa shape index (κ2) is 6.82. The molecule has 25 heavy (non-hydrogen) atoms. The van der Waals surface area contributed by atoms with E-state index < -0.39 is 29.0 Å². The van der Waals surface area contributed by atoms with E-state index in [1.165, 1.54) is 11.0 Å². The molecule has 2 rings (SSSR count). The number of hydrogen-bond acceptors (Lipinski definition) is 4. The predicted molar refractivity (Wildman–Crippen MR) is 86.0 cm³/mol. The Morgan fingerprint density at radius 1 is 1.36 bits per heavy atom. The van der Waals surface area contributed by atoms with Crippen LogP contribution < -0.4 is 5.32 Å². The van der Waals surface area contributed by atoms with Crippen molar-refractivity contribution >= 4 is 11.8 Å². The summed E-state index contributed by atoms with van der Waals surface area (Å²) in [6, 6.07) is 4.87. The molecule has 0 spiro atoms. The van der Waals surface area contributed by atoms with Crippen molar-refractivity contribution in [1.29, 1.82) is 5.26 Å². The quantitative estimate of drug-likeness (QED) is 0.871. The minimum atomic E-state index is -4.60. The maximum Gasteiger partial charge on any atom is 0.417 e. The number of nitriles is 1. The van der Waals surface area contributed by atoms with Crippen LogP contribution in [0.4, 0.5) is 23.7 Å². The third kappa shape index (κ3) is 5.02. The average Bonchev–Trinajstić information content (AvgIpc) is 2.93. The maximum absolute atomic E-state index is 13.0. The molecule has 0 unspecified atom stereocenters. The van der Waals surface area contributed by atoms with Crippen LogP contribution in [0.1, 0.15) is 38.3 Å². The van der Waals surface area contributed by atoms with Crippen molar-refractivity contribution in [2.75, 3.05) is 18.4 Å². The minimum Gasteiger partial charge on any atom is -0.444 e. The zero-order valence-electron chi connectivity index (χ0n) is 14.3. The second-order valence-corrected chi connectivity index (χ2v) is 6.93. The number of nitrogens with one attached hydrogen (secondary N) is 1. The first-order valence-corrected chi connectivity index (χ1v) is 7.85. The maximum atomic E-state index is 13.0. The standard InChI is InChI=1S/C17H20F3N3O2/c1-16(2,3)25-15(24)23-7-6-13(10-23)22-12-5-4-11(9-21)14(8-12)17(18,19)20/h4-5,8,13,22H,6-7,10H2,1-3H3/t13-/m1/s1. The van der Waals surface area contributed by atoms with Gasteiger partial charge in [-0.2, -0.15) is 18.4 Å². The SMILES string of the molecule is CC(C)(C)OC(=O)N1CC[C@@H](Nc2ccc(C#N)c(C(F)(F)F)c2)C1. The molecule has 0 saturated carbocycles. The largest absolute Gasteiger partial charge is 0.444 e. The van der Waals surface area contributed by atoms with Gasteiger partial charge in [-0.25, -0.2) is 4.79 Å². The molecule has 1 amide bonds. The first kappa shape index (κ1) is 18.9. The fraction of sp³-hybridized carbons (Fsp3) is 0.529. The highest BCUT2D eigenvalue weighted by molar-refractivity contribution is 5.68. The fourth-order valence-corrected chi connectivity index (χ4v) is 2.57. The van der Waals surface area contributed by atoms with Crippen LogP contribution in [0.15, 0.2) is 18.2 Å². The number of rotatable bonds is 2. The predicted octanol–water partition coefficient (Wildman–Crippen LogP) is 4.00. The number of alkyl halides is 3. The summed E-state index contributed by atoms with van der Waals surface area (Å²) in [5, 5.41) is 11.8. The Morgan fingerprint density at radius 2 is 2.04 bits per heavy atom. The zero-order valence-corrected chi connectivity index (χ0v) is 14.3. The molecule has 1 heterocycles. The van der Waals surface area contributed by atoms with Crippen LogP contribution in [0.25, 0.3) is 0 Å². The summed E-state index contributed by atoms with van der Waals surface area (Å²) in [7, 11) is 0. The first-order valence-electron chi connectivity index (χ1n) is 7.85. The van der Waals surface area contributed by atoms with Gasteiger partial charge in [0.05, 0.1) is 17.2 Å². The Labute approximate surface area is 144 Å². The first-order chi connectivity index (χ1) is 11.5. The van der Waals surface area contributed by atoms with E-state index in [4.69, 9.17) is 10.00 Å². The number of likely N-dealkylation sites (tertiary alicyclic amines) is 1. The van der Waals surface area contributed by atoms with Gasteiger partial charge in [-0.15, -0.1) is 0 Å². The molecule has 0 radical (unpaired) electrons.